The van der Waals surface area contributed by atoms with E-state index in [0.717, 1.165) is 0 Å². The standard InChI is InChI=1S/C14H18N2O5/c1-10(7-18-2)15-14(17)9-19-8-11-6-13(21-16-11)12-4-3-5-20-12/h3-6,10H,7-9H2,1-2H3,(H,15,17)/t10-/m0/s1. The fraction of sp³-hybridized carbons (Fsp3) is 0.429. The van der Waals surface area contributed by atoms with Crippen molar-refractivity contribution in [2.24, 2.45) is 0 Å². The number of methoxy groups -OCH3 is 1. The summed E-state index contributed by atoms with van der Waals surface area (Å²) in [6.45, 7) is 2.46. The van der Waals surface area contributed by atoms with Crippen molar-refractivity contribution in [2.45, 2.75) is 19.6 Å². The van der Waals surface area contributed by atoms with Crippen molar-refractivity contribution in [1.82, 2.24) is 10.5 Å². The Morgan fingerprint density at radius 1 is 1.48 bits per heavy atom. The van der Waals surface area contributed by atoms with Crippen LogP contribution in [0, 0.1) is 0 Å². The summed E-state index contributed by atoms with van der Waals surface area (Å²) in [4.78, 5) is 11.6. The predicted molar refractivity (Wildman–Crippen MR) is 73.3 cm³/mol. The SMILES string of the molecule is COC[C@H](C)NC(=O)COCc1cc(-c2ccco2)on1. The molecule has 114 valence electrons. The van der Waals surface area contributed by atoms with E-state index in [-0.39, 0.29) is 25.2 Å². The number of aromatic nitrogens is 1. The van der Waals surface area contributed by atoms with E-state index in [9.17, 15) is 4.79 Å². The lowest BCUT2D eigenvalue weighted by molar-refractivity contribution is -0.127. The largest absolute Gasteiger partial charge is 0.461 e. The van der Waals surface area contributed by atoms with Gasteiger partial charge >= 0.3 is 0 Å². The van der Waals surface area contributed by atoms with Gasteiger partial charge in [0.2, 0.25) is 11.7 Å². The highest BCUT2D eigenvalue weighted by molar-refractivity contribution is 5.77. The molecule has 0 aliphatic heterocycles. The molecule has 0 spiro atoms. The molecule has 7 heteroatoms. The molecule has 1 amide bonds. The highest BCUT2D eigenvalue weighted by Gasteiger charge is 2.11. The summed E-state index contributed by atoms with van der Waals surface area (Å²) in [5.74, 6) is 0.922. The van der Waals surface area contributed by atoms with Crippen molar-refractivity contribution in [2.75, 3.05) is 20.3 Å². The molecule has 0 bridgehead atoms. The number of carbonyl (C=O) groups is 1. The van der Waals surface area contributed by atoms with Gasteiger partial charge in [-0.05, 0) is 19.1 Å². The molecule has 0 unspecified atom stereocenters. The number of furan rings is 1. The first-order valence-corrected chi connectivity index (χ1v) is 6.54. The molecule has 0 aliphatic rings. The summed E-state index contributed by atoms with van der Waals surface area (Å²) in [6, 6.07) is 5.20. The summed E-state index contributed by atoms with van der Waals surface area (Å²) in [7, 11) is 1.58. The normalized spacial score (nSPS) is 12.3. The van der Waals surface area contributed by atoms with E-state index in [1.54, 1.807) is 31.6 Å². The minimum absolute atomic E-state index is 0.0446. The lowest BCUT2D eigenvalue weighted by Crippen LogP contribution is -2.37. The topological polar surface area (TPSA) is 86.7 Å². The number of ether oxygens (including phenoxy) is 2. The zero-order valence-corrected chi connectivity index (χ0v) is 12.0. The number of nitrogens with zero attached hydrogens (tertiary/aromatic N) is 1. The first-order valence-electron chi connectivity index (χ1n) is 6.54. The van der Waals surface area contributed by atoms with E-state index in [4.69, 9.17) is 18.4 Å². The fourth-order valence-electron chi connectivity index (χ4n) is 1.77. The summed E-state index contributed by atoms with van der Waals surface area (Å²) < 4.78 is 20.5. The number of nitrogens with one attached hydrogen (secondary N) is 1. The third-order valence-electron chi connectivity index (χ3n) is 2.63. The monoisotopic (exact) mass is 294 g/mol. The average molecular weight is 294 g/mol. The molecule has 1 atom stereocenters. The molecule has 0 aromatic carbocycles. The van der Waals surface area contributed by atoms with Gasteiger partial charge in [0, 0.05) is 19.2 Å². The van der Waals surface area contributed by atoms with Crippen LogP contribution in [0.2, 0.25) is 0 Å². The second kappa shape index (κ2) is 7.61. The van der Waals surface area contributed by atoms with Gasteiger partial charge in [0.05, 0.1) is 19.5 Å². The second-order valence-electron chi connectivity index (χ2n) is 4.58. The van der Waals surface area contributed by atoms with Crippen LogP contribution in [0.3, 0.4) is 0 Å². The van der Waals surface area contributed by atoms with E-state index in [0.29, 0.717) is 23.8 Å². The van der Waals surface area contributed by atoms with Crippen molar-refractivity contribution in [3.63, 3.8) is 0 Å². The summed E-state index contributed by atoms with van der Waals surface area (Å²) in [5, 5.41) is 6.59. The van der Waals surface area contributed by atoms with Gasteiger partial charge in [-0.3, -0.25) is 4.79 Å². The smallest absolute Gasteiger partial charge is 0.246 e. The van der Waals surface area contributed by atoms with Gasteiger partial charge < -0.3 is 23.7 Å². The van der Waals surface area contributed by atoms with Crippen molar-refractivity contribution < 1.29 is 23.2 Å². The zero-order valence-electron chi connectivity index (χ0n) is 12.0. The Morgan fingerprint density at radius 2 is 2.33 bits per heavy atom. The van der Waals surface area contributed by atoms with E-state index in [2.05, 4.69) is 10.5 Å². The molecule has 2 aromatic heterocycles. The van der Waals surface area contributed by atoms with Gasteiger partial charge in [0.25, 0.3) is 0 Å². The van der Waals surface area contributed by atoms with E-state index in [1.807, 2.05) is 6.92 Å². The predicted octanol–water partition coefficient (Wildman–Crippen LogP) is 1.60. The Kier molecular flexibility index (Phi) is 5.53. The van der Waals surface area contributed by atoms with E-state index >= 15 is 0 Å². The lowest BCUT2D eigenvalue weighted by Gasteiger charge is -2.12. The fourth-order valence-corrected chi connectivity index (χ4v) is 1.77. The lowest BCUT2D eigenvalue weighted by atomic mass is 10.3. The molecule has 0 saturated heterocycles. The van der Waals surface area contributed by atoms with Gasteiger partial charge in [-0.25, -0.2) is 0 Å². The number of rotatable bonds is 8. The van der Waals surface area contributed by atoms with E-state index < -0.39 is 0 Å². The first-order chi connectivity index (χ1) is 10.2. The number of carbonyl (C=O) groups excluding carboxylic acids is 1. The van der Waals surface area contributed by atoms with Crippen molar-refractivity contribution in [3.05, 3.63) is 30.2 Å². The minimum atomic E-state index is -0.200. The maximum Gasteiger partial charge on any atom is 0.246 e. The van der Waals surface area contributed by atoms with Crippen LogP contribution in [0.1, 0.15) is 12.6 Å². The van der Waals surface area contributed by atoms with Gasteiger partial charge in [0.15, 0.2) is 5.76 Å². The average Bonchev–Trinajstić information content (AvgIpc) is 3.09. The van der Waals surface area contributed by atoms with Crippen LogP contribution in [-0.2, 0) is 20.9 Å². The molecular formula is C14H18N2O5. The van der Waals surface area contributed by atoms with Crippen LogP contribution in [0.4, 0.5) is 0 Å². The summed E-state index contributed by atoms with van der Waals surface area (Å²) in [5.41, 5.74) is 0.596. The van der Waals surface area contributed by atoms with Crippen LogP contribution in [0.15, 0.2) is 33.4 Å². The molecule has 1 N–H and O–H groups in total. The van der Waals surface area contributed by atoms with Gasteiger partial charge in [0.1, 0.15) is 12.3 Å². The second-order valence-corrected chi connectivity index (χ2v) is 4.58. The van der Waals surface area contributed by atoms with Gasteiger partial charge in [-0.2, -0.15) is 0 Å². The van der Waals surface area contributed by atoms with Crippen molar-refractivity contribution >= 4 is 5.91 Å². The van der Waals surface area contributed by atoms with Crippen LogP contribution < -0.4 is 5.32 Å². The highest BCUT2D eigenvalue weighted by Crippen LogP contribution is 2.20. The van der Waals surface area contributed by atoms with Crippen molar-refractivity contribution in [3.8, 4) is 11.5 Å². The number of hydrogen-bond acceptors (Lipinski definition) is 6. The molecule has 2 aromatic rings. The van der Waals surface area contributed by atoms with Crippen LogP contribution in [0.5, 0.6) is 0 Å². The molecule has 0 saturated carbocycles. The maximum atomic E-state index is 11.6. The van der Waals surface area contributed by atoms with Gasteiger partial charge in [-0.1, -0.05) is 5.16 Å². The molecule has 0 fully saturated rings. The van der Waals surface area contributed by atoms with Crippen molar-refractivity contribution in [1.29, 1.82) is 0 Å². The zero-order chi connectivity index (χ0) is 15.1. The van der Waals surface area contributed by atoms with Crippen LogP contribution in [-0.4, -0.2) is 37.4 Å². The minimum Gasteiger partial charge on any atom is -0.461 e. The Hall–Kier alpha value is -2.12. The molecule has 2 heterocycles. The molecule has 21 heavy (non-hydrogen) atoms. The summed E-state index contributed by atoms with van der Waals surface area (Å²) in [6.07, 6.45) is 1.56. The third-order valence-corrected chi connectivity index (χ3v) is 2.63. The quantitative estimate of drug-likeness (QED) is 0.795. The molecule has 0 aliphatic carbocycles. The molecule has 2 rings (SSSR count). The Bertz CT molecular complexity index is 549. The third kappa shape index (κ3) is 4.73. The molecule has 7 nitrogen and oxygen atoms in total. The molecule has 0 radical (unpaired) electrons. The van der Waals surface area contributed by atoms with Crippen LogP contribution in [0.25, 0.3) is 11.5 Å². The number of hydrogen-bond donors (Lipinski definition) is 1. The summed E-state index contributed by atoms with van der Waals surface area (Å²) >= 11 is 0. The van der Waals surface area contributed by atoms with Crippen LogP contribution >= 0.6 is 0 Å². The van der Waals surface area contributed by atoms with E-state index in [1.165, 1.54) is 0 Å². The molecular weight excluding hydrogens is 276 g/mol. The maximum absolute atomic E-state index is 11.6. The first kappa shape index (κ1) is 15.3. The van der Waals surface area contributed by atoms with Gasteiger partial charge in [-0.15, -0.1) is 0 Å². The Balaban J connectivity index is 1.73. The highest BCUT2D eigenvalue weighted by atomic mass is 16.5. The number of amides is 1. The Labute approximate surface area is 122 Å². The Morgan fingerprint density at radius 3 is 3.05 bits per heavy atom.